The number of aromatic nitrogens is 2. The van der Waals surface area contributed by atoms with Crippen LogP contribution in [-0.4, -0.2) is 42.9 Å². The Labute approximate surface area is 158 Å². The second-order valence-corrected chi connectivity index (χ2v) is 6.17. The lowest BCUT2D eigenvalue weighted by Gasteiger charge is -2.16. The highest BCUT2D eigenvalue weighted by Gasteiger charge is 2.31. The van der Waals surface area contributed by atoms with E-state index < -0.39 is 41.4 Å². The smallest absolute Gasteiger partial charge is 0.416 e. The van der Waals surface area contributed by atoms with E-state index in [0.29, 0.717) is 0 Å². The summed E-state index contributed by atoms with van der Waals surface area (Å²) >= 11 is 0. The number of carbonyl (C=O) groups is 2. The molecule has 1 N–H and O–H groups in total. The Hall–Kier alpha value is -3.17. The zero-order valence-electron chi connectivity index (χ0n) is 15.3. The summed E-state index contributed by atoms with van der Waals surface area (Å²) in [4.78, 5) is 44.4. The van der Waals surface area contributed by atoms with Crippen molar-refractivity contribution in [2.24, 2.45) is 0 Å². The summed E-state index contributed by atoms with van der Waals surface area (Å²) in [7, 11) is 4.34. The van der Waals surface area contributed by atoms with Gasteiger partial charge in [-0.3, -0.25) is 19.4 Å². The number of Topliss-reactive ketones (excluding diaryl/α,β-unsaturated/α-hetero) is 1. The Balaban J connectivity index is 2.34. The van der Waals surface area contributed by atoms with Gasteiger partial charge in [0.25, 0.3) is 5.56 Å². The molecule has 2 aromatic rings. The van der Waals surface area contributed by atoms with Crippen LogP contribution in [0.5, 0.6) is 0 Å². The van der Waals surface area contributed by atoms with Gasteiger partial charge in [0.1, 0.15) is 5.69 Å². The van der Waals surface area contributed by atoms with E-state index in [0.717, 1.165) is 37.4 Å². The van der Waals surface area contributed by atoms with Gasteiger partial charge in [0.2, 0.25) is 5.95 Å². The summed E-state index contributed by atoms with van der Waals surface area (Å²) in [6.07, 6.45) is -4.94. The maximum atomic E-state index is 12.7. The van der Waals surface area contributed by atoms with Gasteiger partial charge in [0.05, 0.1) is 18.6 Å². The number of carbonyl (C=O) groups excluding carboxylic acids is 2. The summed E-state index contributed by atoms with van der Waals surface area (Å²) in [5.74, 6) is -2.39. The largest absolute Gasteiger partial charge is 0.469 e. The van der Waals surface area contributed by atoms with Crippen LogP contribution in [-0.2, 0) is 15.7 Å². The number of aromatic amines is 1. The Morgan fingerprint density at radius 2 is 1.82 bits per heavy atom. The standard InChI is InChI=1S/C18H18F3N3O4/c1-24(2)17-22-13(9-15(26)23-17)14(25)8-12(16(27)28-3)10-4-6-11(7-5-10)18(19,20)21/h4-7,9,12H,8H2,1-3H3,(H,22,23,26). The van der Waals surface area contributed by atoms with Crippen LogP contribution in [0.1, 0.15) is 34.0 Å². The Bertz CT molecular complexity index is 921. The highest BCUT2D eigenvalue weighted by Crippen LogP contribution is 2.31. The fourth-order valence-electron chi connectivity index (χ4n) is 2.47. The van der Waals surface area contributed by atoms with Gasteiger partial charge < -0.3 is 9.64 Å². The number of ether oxygens (including phenoxy) is 1. The molecule has 0 saturated carbocycles. The number of anilines is 1. The van der Waals surface area contributed by atoms with Gasteiger partial charge in [0.15, 0.2) is 5.78 Å². The molecule has 1 aromatic carbocycles. The number of methoxy groups -OCH3 is 1. The van der Waals surface area contributed by atoms with Crippen LogP contribution in [0.15, 0.2) is 35.1 Å². The van der Waals surface area contributed by atoms with Crippen molar-refractivity contribution in [1.82, 2.24) is 9.97 Å². The quantitative estimate of drug-likeness (QED) is 0.594. The summed E-state index contributed by atoms with van der Waals surface area (Å²) < 4.78 is 42.9. The van der Waals surface area contributed by atoms with Crippen LogP contribution >= 0.6 is 0 Å². The molecular formula is C18H18F3N3O4. The van der Waals surface area contributed by atoms with Crippen molar-refractivity contribution in [2.75, 3.05) is 26.1 Å². The van der Waals surface area contributed by atoms with E-state index in [-0.39, 0.29) is 17.2 Å². The molecule has 0 aliphatic heterocycles. The van der Waals surface area contributed by atoms with Crippen molar-refractivity contribution < 1.29 is 27.5 Å². The number of esters is 1. The Morgan fingerprint density at radius 3 is 2.32 bits per heavy atom. The van der Waals surface area contributed by atoms with Crippen molar-refractivity contribution in [3.05, 3.63) is 57.5 Å². The molecule has 28 heavy (non-hydrogen) atoms. The van der Waals surface area contributed by atoms with Gasteiger partial charge >= 0.3 is 12.1 Å². The molecule has 0 spiro atoms. The molecule has 1 unspecified atom stereocenters. The van der Waals surface area contributed by atoms with Crippen LogP contribution in [0, 0.1) is 0 Å². The minimum absolute atomic E-state index is 0.153. The van der Waals surface area contributed by atoms with E-state index >= 15 is 0 Å². The van der Waals surface area contributed by atoms with E-state index in [1.54, 1.807) is 14.1 Å². The molecule has 1 aromatic heterocycles. The predicted molar refractivity (Wildman–Crippen MR) is 94.3 cm³/mol. The maximum Gasteiger partial charge on any atom is 0.416 e. The lowest BCUT2D eigenvalue weighted by Crippen LogP contribution is -2.23. The van der Waals surface area contributed by atoms with Crippen LogP contribution < -0.4 is 10.5 Å². The van der Waals surface area contributed by atoms with Gasteiger partial charge in [-0.25, -0.2) is 4.98 Å². The number of hydrogen-bond acceptors (Lipinski definition) is 6. The Kier molecular flexibility index (Phi) is 6.22. The second-order valence-electron chi connectivity index (χ2n) is 6.17. The second kappa shape index (κ2) is 8.24. The van der Waals surface area contributed by atoms with Crippen molar-refractivity contribution in [3.8, 4) is 0 Å². The van der Waals surface area contributed by atoms with Gasteiger partial charge in [-0.2, -0.15) is 13.2 Å². The summed E-state index contributed by atoms with van der Waals surface area (Å²) in [5, 5.41) is 0. The van der Waals surface area contributed by atoms with E-state index in [4.69, 9.17) is 0 Å². The summed E-state index contributed by atoms with van der Waals surface area (Å²) in [6.45, 7) is 0. The van der Waals surface area contributed by atoms with Crippen LogP contribution in [0.2, 0.25) is 0 Å². The number of alkyl halides is 3. The molecule has 0 fully saturated rings. The number of nitrogens with zero attached hydrogens (tertiary/aromatic N) is 2. The first-order chi connectivity index (χ1) is 13.0. The first-order valence-electron chi connectivity index (χ1n) is 8.09. The molecule has 1 heterocycles. The molecule has 0 aliphatic carbocycles. The minimum Gasteiger partial charge on any atom is -0.469 e. The van der Waals surface area contributed by atoms with Gasteiger partial charge in [0, 0.05) is 26.6 Å². The summed E-state index contributed by atoms with van der Waals surface area (Å²) in [6, 6.07) is 4.88. The molecule has 10 heteroatoms. The monoisotopic (exact) mass is 397 g/mol. The lowest BCUT2D eigenvalue weighted by molar-refractivity contribution is -0.142. The predicted octanol–water partition coefficient (Wildman–Crippen LogP) is 2.38. The number of H-pyrrole nitrogens is 1. The number of rotatable bonds is 6. The third kappa shape index (κ3) is 4.96. The number of halogens is 3. The average molecular weight is 397 g/mol. The highest BCUT2D eigenvalue weighted by molar-refractivity contribution is 5.98. The van der Waals surface area contributed by atoms with Crippen LogP contribution in [0.25, 0.3) is 0 Å². The highest BCUT2D eigenvalue weighted by atomic mass is 19.4. The van der Waals surface area contributed by atoms with Gasteiger partial charge in [-0.1, -0.05) is 12.1 Å². The number of hydrogen-bond donors (Lipinski definition) is 1. The van der Waals surface area contributed by atoms with Crippen LogP contribution in [0.4, 0.5) is 19.1 Å². The molecule has 0 amide bonds. The number of ketones is 1. The molecule has 1 atom stereocenters. The number of nitrogens with one attached hydrogen (secondary N) is 1. The van der Waals surface area contributed by atoms with Crippen LogP contribution in [0.3, 0.4) is 0 Å². The van der Waals surface area contributed by atoms with Crippen molar-refractivity contribution in [3.63, 3.8) is 0 Å². The molecule has 150 valence electrons. The normalized spacial score (nSPS) is 12.4. The molecule has 0 saturated heterocycles. The zero-order valence-corrected chi connectivity index (χ0v) is 15.3. The number of benzene rings is 1. The average Bonchev–Trinajstić information content (AvgIpc) is 2.64. The minimum atomic E-state index is -4.52. The fourth-order valence-corrected chi connectivity index (χ4v) is 2.47. The van der Waals surface area contributed by atoms with E-state index in [1.807, 2.05) is 0 Å². The third-order valence-electron chi connectivity index (χ3n) is 3.95. The van der Waals surface area contributed by atoms with Crippen molar-refractivity contribution >= 4 is 17.7 Å². The van der Waals surface area contributed by atoms with E-state index in [1.165, 1.54) is 4.90 Å². The maximum absolute atomic E-state index is 12.7. The SMILES string of the molecule is COC(=O)C(CC(=O)c1cc(=O)[nH]c(N(C)C)n1)c1ccc(C(F)(F)F)cc1. The first kappa shape index (κ1) is 21.1. The van der Waals surface area contributed by atoms with Gasteiger partial charge in [-0.05, 0) is 17.7 Å². The van der Waals surface area contributed by atoms with Crippen molar-refractivity contribution in [1.29, 1.82) is 0 Å². The first-order valence-corrected chi connectivity index (χ1v) is 8.09. The van der Waals surface area contributed by atoms with E-state index in [2.05, 4.69) is 14.7 Å². The molecule has 0 radical (unpaired) electrons. The fraction of sp³-hybridized carbons (Fsp3) is 0.333. The summed E-state index contributed by atoms with van der Waals surface area (Å²) in [5.41, 5.74) is -1.40. The lowest BCUT2D eigenvalue weighted by atomic mass is 9.92. The molecule has 2 rings (SSSR count). The van der Waals surface area contributed by atoms with Gasteiger partial charge in [-0.15, -0.1) is 0 Å². The Morgan fingerprint density at radius 1 is 1.21 bits per heavy atom. The van der Waals surface area contributed by atoms with Crippen molar-refractivity contribution in [2.45, 2.75) is 18.5 Å². The topological polar surface area (TPSA) is 92.4 Å². The molecule has 7 nitrogen and oxygen atoms in total. The zero-order chi connectivity index (χ0) is 21.1. The molecule has 0 aliphatic rings. The molecule has 0 bridgehead atoms. The third-order valence-corrected chi connectivity index (χ3v) is 3.95. The van der Waals surface area contributed by atoms with E-state index in [9.17, 15) is 27.6 Å². The molecular weight excluding hydrogens is 379 g/mol.